The van der Waals surface area contributed by atoms with Gasteiger partial charge in [0.25, 0.3) is 10.2 Å². The molecule has 0 spiro atoms. The molecule has 0 amide bonds. The maximum Gasteiger partial charge on any atom is 0.324 e. The quantitative estimate of drug-likeness (QED) is 0.769. The number of carbonyl (C=O) groups excluding carboxylic acids is 1. The van der Waals surface area contributed by atoms with Gasteiger partial charge in [-0.1, -0.05) is 0 Å². The molecule has 124 valence electrons. The summed E-state index contributed by atoms with van der Waals surface area (Å²) in [5.41, 5.74) is -0.654. The van der Waals surface area contributed by atoms with Crippen LogP contribution in [0, 0.1) is 0 Å². The maximum absolute atomic E-state index is 12.3. The molecule has 1 rings (SSSR count). The second-order valence-corrected chi connectivity index (χ2v) is 8.15. The van der Waals surface area contributed by atoms with Crippen LogP contribution in [0.2, 0.25) is 0 Å². The molecule has 1 aliphatic rings. The molecule has 0 bridgehead atoms. The average molecular weight is 322 g/mol. The van der Waals surface area contributed by atoms with E-state index >= 15 is 0 Å². The van der Waals surface area contributed by atoms with Crippen LogP contribution in [0.3, 0.4) is 0 Å². The van der Waals surface area contributed by atoms with Gasteiger partial charge in [-0.3, -0.25) is 4.79 Å². The number of nitrogens with one attached hydrogen (secondary N) is 1. The van der Waals surface area contributed by atoms with Crippen molar-refractivity contribution in [3.05, 3.63) is 0 Å². The van der Waals surface area contributed by atoms with Crippen molar-refractivity contribution < 1.29 is 22.7 Å². The van der Waals surface area contributed by atoms with Gasteiger partial charge in [-0.05, 0) is 41.5 Å². The third-order valence-electron chi connectivity index (χ3n) is 2.81. The number of hydrogen-bond acceptors (Lipinski definition) is 5. The summed E-state index contributed by atoms with van der Waals surface area (Å²) in [4.78, 5) is 11.9. The molecular formula is C13H26N2O5S. The molecule has 1 aliphatic heterocycles. The number of rotatable bonds is 4. The van der Waals surface area contributed by atoms with Gasteiger partial charge in [0.05, 0.1) is 12.2 Å². The summed E-state index contributed by atoms with van der Waals surface area (Å²) < 4.78 is 38.9. The van der Waals surface area contributed by atoms with E-state index in [-0.39, 0.29) is 25.3 Å². The zero-order chi connectivity index (χ0) is 16.4. The van der Waals surface area contributed by atoms with E-state index in [2.05, 4.69) is 4.72 Å². The highest BCUT2D eigenvalue weighted by Gasteiger charge is 2.33. The monoisotopic (exact) mass is 322 g/mol. The van der Waals surface area contributed by atoms with Gasteiger partial charge in [0.2, 0.25) is 0 Å². The van der Waals surface area contributed by atoms with Gasteiger partial charge in [0.15, 0.2) is 0 Å². The van der Waals surface area contributed by atoms with Crippen molar-refractivity contribution in [3.63, 3.8) is 0 Å². The Morgan fingerprint density at radius 2 is 1.76 bits per heavy atom. The van der Waals surface area contributed by atoms with Gasteiger partial charge < -0.3 is 9.47 Å². The van der Waals surface area contributed by atoms with Crippen LogP contribution < -0.4 is 4.72 Å². The molecule has 8 heteroatoms. The fourth-order valence-corrected chi connectivity index (χ4v) is 3.57. The minimum Gasteiger partial charge on any atom is -0.459 e. The minimum absolute atomic E-state index is 0.179. The zero-order valence-electron chi connectivity index (χ0n) is 13.5. The predicted octanol–water partition coefficient (Wildman–Crippen LogP) is 0.660. The van der Waals surface area contributed by atoms with Crippen LogP contribution in [0.5, 0.6) is 0 Å². The fourth-order valence-electron chi connectivity index (χ4n) is 2.06. The summed E-state index contributed by atoms with van der Waals surface area (Å²) in [5.74, 6) is -0.597. The molecule has 2 unspecified atom stereocenters. The van der Waals surface area contributed by atoms with Crippen LogP contribution >= 0.6 is 0 Å². The lowest BCUT2D eigenvalue weighted by molar-refractivity contribution is -0.156. The first-order chi connectivity index (χ1) is 9.40. The Kier molecular flexibility index (Phi) is 5.76. The van der Waals surface area contributed by atoms with Crippen LogP contribution in [0.15, 0.2) is 0 Å². The number of morpholine rings is 1. The van der Waals surface area contributed by atoms with Gasteiger partial charge in [-0.25, -0.2) is 0 Å². The first kappa shape index (κ1) is 18.3. The molecule has 1 saturated heterocycles. The van der Waals surface area contributed by atoms with E-state index in [1.54, 1.807) is 20.8 Å². The minimum atomic E-state index is -3.75. The normalized spacial score (nSPS) is 26.4. The summed E-state index contributed by atoms with van der Waals surface area (Å²) in [6.07, 6.45) is -0.357. The van der Waals surface area contributed by atoms with Gasteiger partial charge in [-0.15, -0.1) is 0 Å². The summed E-state index contributed by atoms with van der Waals surface area (Å²) in [7, 11) is -3.75. The Balaban J connectivity index is 2.69. The van der Waals surface area contributed by atoms with Crippen molar-refractivity contribution in [2.24, 2.45) is 0 Å². The van der Waals surface area contributed by atoms with Gasteiger partial charge in [0, 0.05) is 13.1 Å². The maximum atomic E-state index is 12.3. The van der Waals surface area contributed by atoms with Crippen molar-refractivity contribution in [1.29, 1.82) is 0 Å². The summed E-state index contributed by atoms with van der Waals surface area (Å²) in [5, 5.41) is 0. The van der Waals surface area contributed by atoms with Gasteiger partial charge in [-0.2, -0.15) is 17.4 Å². The Morgan fingerprint density at radius 3 is 2.19 bits per heavy atom. The Hall–Kier alpha value is -0.700. The van der Waals surface area contributed by atoms with Crippen molar-refractivity contribution in [2.45, 2.75) is 65.4 Å². The smallest absolute Gasteiger partial charge is 0.324 e. The van der Waals surface area contributed by atoms with E-state index in [0.29, 0.717) is 0 Å². The molecule has 1 N–H and O–H groups in total. The highest BCUT2D eigenvalue weighted by atomic mass is 32.2. The summed E-state index contributed by atoms with van der Waals surface area (Å²) >= 11 is 0. The Morgan fingerprint density at radius 1 is 1.29 bits per heavy atom. The van der Waals surface area contributed by atoms with Crippen LogP contribution in [0.1, 0.15) is 41.5 Å². The number of esters is 1. The lowest BCUT2D eigenvalue weighted by Gasteiger charge is -2.35. The van der Waals surface area contributed by atoms with Crippen LogP contribution in [0.25, 0.3) is 0 Å². The highest BCUT2D eigenvalue weighted by molar-refractivity contribution is 7.87. The molecule has 1 fully saturated rings. The number of hydrogen-bond donors (Lipinski definition) is 1. The lowest BCUT2D eigenvalue weighted by atomic mass is 10.2. The van der Waals surface area contributed by atoms with E-state index in [9.17, 15) is 13.2 Å². The third kappa shape index (κ3) is 5.90. The lowest BCUT2D eigenvalue weighted by Crippen LogP contribution is -2.54. The van der Waals surface area contributed by atoms with Crippen LogP contribution in [0.4, 0.5) is 0 Å². The van der Waals surface area contributed by atoms with E-state index in [1.807, 2.05) is 13.8 Å². The number of ether oxygens (including phenoxy) is 2. The fraction of sp³-hybridized carbons (Fsp3) is 0.923. The largest absolute Gasteiger partial charge is 0.459 e. The predicted molar refractivity (Wildman–Crippen MR) is 78.9 cm³/mol. The molecule has 7 nitrogen and oxygen atoms in total. The van der Waals surface area contributed by atoms with E-state index in [4.69, 9.17) is 9.47 Å². The third-order valence-corrected chi connectivity index (χ3v) is 4.44. The second-order valence-electron chi connectivity index (χ2n) is 6.45. The molecule has 21 heavy (non-hydrogen) atoms. The Bertz CT molecular complexity index is 461. The first-order valence-corrected chi connectivity index (χ1v) is 8.50. The second kappa shape index (κ2) is 6.60. The van der Waals surface area contributed by atoms with Crippen molar-refractivity contribution in [1.82, 2.24) is 9.03 Å². The van der Waals surface area contributed by atoms with Crippen LogP contribution in [-0.4, -0.2) is 55.6 Å². The first-order valence-electron chi connectivity index (χ1n) is 7.06. The molecule has 0 radical (unpaired) electrons. The molecule has 0 aromatic rings. The molecule has 0 aromatic carbocycles. The standard InChI is InChI=1S/C13H26N2O5S/c1-9-7-15(8-10(2)19-9)21(17,18)14-11(3)12(16)20-13(4,5)6/h9-11,14H,7-8H2,1-6H3/t9?,10?,11-/m0/s1. The van der Waals surface area contributed by atoms with Gasteiger partial charge >= 0.3 is 5.97 Å². The zero-order valence-corrected chi connectivity index (χ0v) is 14.4. The number of nitrogens with zero attached hydrogens (tertiary/aromatic N) is 1. The summed E-state index contributed by atoms with van der Waals surface area (Å²) in [6, 6.07) is -0.942. The molecule has 0 saturated carbocycles. The molecule has 0 aromatic heterocycles. The van der Waals surface area contributed by atoms with E-state index < -0.39 is 27.8 Å². The highest BCUT2D eigenvalue weighted by Crippen LogP contribution is 2.14. The van der Waals surface area contributed by atoms with Crippen molar-refractivity contribution >= 4 is 16.2 Å². The SMILES string of the molecule is CC1CN(S(=O)(=O)N[C@@H](C)C(=O)OC(C)(C)C)CC(C)O1. The Labute approximate surface area is 127 Å². The van der Waals surface area contributed by atoms with Crippen molar-refractivity contribution in [3.8, 4) is 0 Å². The van der Waals surface area contributed by atoms with Crippen LogP contribution in [-0.2, 0) is 24.5 Å². The average Bonchev–Trinajstić information content (AvgIpc) is 2.24. The molecule has 1 heterocycles. The van der Waals surface area contributed by atoms with Crippen molar-refractivity contribution in [2.75, 3.05) is 13.1 Å². The number of carbonyl (C=O) groups is 1. The molecule has 0 aliphatic carbocycles. The summed E-state index contributed by atoms with van der Waals surface area (Å²) in [6.45, 7) is 10.8. The van der Waals surface area contributed by atoms with Gasteiger partial charge in [0.1, 0.15) is 11.6 Å². The molecule has 3 atom stereocenters. The van der Waals surface area contributed by atoms with E-state index in [1.165, 1.54) is 11.2 Å². The topological polar surface area (TPSA) is 84.9 Å². The van der Waals surface area contributed by atoms with E-state index in [0.717, 1.165) is 0 Å². The molecular weight excluding hydrogens is 296 g/mol.